The molecule has 0 aliphatic rings. The number of nitrogens with one attached hydrogen (secondary N) is 2. The van der Waals surface area contributed by atoms with E-state index in [4.69, 9.17) is 23.7 Å². The van der Waals surface area contributed by atoms with Crippen LogP contribution >= 0.6 is 0 Å². The molecule has 0 saturated carbocycles. The Hall–Kier alpha value is -5.06. The summed E-state index contributed by atoms with van der Waals surface area (Å²) in [5, 5.41) is 6.38. The molecule has 0 unspecified atom stereocenters. The molecule has 204 valence electrons. The minimum atomic E-state index is -0.534. The second kappa shape index (κ2) is 14.0. The Morgan fingerprint density at radius 2 is 1.44 bits per heavy atom. The van der Waals surface area contributed by atoms with E-state index in [9.17, 15) is 14.4 Å². The summed E-state index contributed by atoms with van der Waals surface area (Å²) in [6.07, 6.45) is 1.41. The smallest absolute Gasteiger partial charge is 0.343 e. The van der Waals surface area contributed by atoms with Gasteiger partial charge in [-0.2, -0.15) is 5.10 Å². The molecule has 2 amide bonds. The van der Waals surface area contributed by atoms with Crippen LogP contribution in [0.5, 0.6) is 28.7 Å². The second-order valence-corrected chi connectivity index (χ2v) is 7.81. The fourth-order valence-electron chi connectivity index (χ4n) is 3.33. The maximum atomic E-state index is 12.5. The van der Waals surface area contributed by atoms with Gasteiger partial charge >= 0.3 is 5.97 Å². The van der Waals surface area contributed by atoms with E-state index in [1.807, 2.05) is 6.92 Å². The minimum Gasteiger partial charge on any atom is -0.494 e. The molecule has 2 N–H and O–H groups in total. The van der Waals surface area contributed by atoms with Crippen LogP contribution < -0.4 is 34.4 Å². The third kappa shape index (κ3) is 7.96. The molecule has 39 heavy (non-hydrogen) atoms. The molecule has 0 fully saturated rings. The van der Waals surface area contributed by atoms with Crippen LogP contribution in [0.25, 0.3) is 0 Å². The maximum Gasteiger partial charge on any atom is 0.343 e. The zero-order chi connectivity index (χ0) is 28.2. The van der Waals surface area contributed by atoms with E-state index in [1.54, 1.807) is 48.5 Å². The summed E-state index contributed by atoms with van der Waals surface area (Å²) in [7, 11) is 4.33. The van der Waals surface area contributed by atoms with Crippen molar-refractivity contribution in [2.75, 3.05) is 34.5 Å². The molecule has 3 rings (SSSR count). The first-order chi connectivity index (χ1) is 18.9. The lowest BCUT2D eigenvalue weighted by Gasteiger charge is -2.14. The summed E-state index contributed by atoms with van der Waals surface area (Å²) in [6, 6.07) is 16.2. The number of methoxy groups -OCH3 is 3. The fraction of sp³-hybridized carbons (Fsp3) is 0.214. The molecule has 3 aromatic carbocycles. The number of hydrazone groups is 1. The molecule has 0 spiro atoms. The van der Waals surface area contributed by atoms with E-state index in [1.165, 1.54) is 39.7 Å². The lowest BCUT2D eigenvalue weighted by molar-refractivity contribution is -0.120. The van der Waals surface area contributed by atoms with Gasteiger partial charge < -0.3 is 29.0 Å². The predicted octanol–water partition coefficient (Wildman–Crippen LogP) is 3.21. The van der Waals surface area contributed by atoms with E-state index < -0.39 is 17.8 Å². The Balaban J connectivity index is 1.48. The zero-order valence-corrected chi connectivity index (χ0v) is 22.0. The molecule has 0 aliphatic heterocycles. The van der Waals surface area contributed by atoms with E-state index in [0.29, 0.717) is 46.5 Å². The topological polar surface area (TPSA) is 134 Å². The van der Waals surface area contributed by atoms with E-state index in [-0.39, 0.29) is 12.1 Å². The normalized spacial score (nSPS) is 10.5. The van der Waals surface area contributed by atoms with Crippen LogP contribution in [0.1, 0.15) is 33.2 Å². The Bertz CT molecular complexity index is 1300. The number of nitrogens with zero attached hydrogens (tertiary/aromatic N) is 1. The summed E-state index contributed by atoms with van der Waals surface area (Å²) >= 11 is 0. The molecule has 3 aromatic rings. The van der Waals surface area contributed by atoms with Crippen molar-refractivity contribution < 1.29 is 38.1 Å². The van der Waals surface area contributed by atoms with Gasteiger partial charge in [-0.05, 0) is 73.2 Å². The Morgan fingerprint density at radius 3 is 2.00 bits per heavy atom. The molecule has 0 aliphatic carbocycles. The van der Waals surface area contributed by atoms with Crippen LogP contribution in [0.2, 0.25) is 0 Å². The first-order valence-electron chi connectivity index (χ1n) is 11.8. The van der Waals surface area contributed by atoms with Crippen molar-refractivity contribution in [2.24, 2.45) is 5.10 Å². The first-order valence-corrected chi connectivity index (χ1v) is 11.8. The molecular weight excluding hydrogens is 506 g/mol. The van der Waals surface area contributed by atoms with Crippen LogP contribution in [0, 0.1) is 0 Å². The molecule has 11 nitrogen and oxygen atoms in total. The molecule has 0 radical (unpaired) electrons. The fourth-order valence-corrected chi connectivity index (χ4v) is 3.33. The van der Waals surface area contributed by atoms with Crippen molar-refractivity contribution in [3.05, 3.63) is 77.4 Å². The van der Waals surface area contributed by atoms with Crippen molar-refractivity contribution in [3.63, 3.8) is 0 Å². The minimum absolute atomic E-state index is 0.226. The molecule has 0 aromatic heterocycles. The molecular formula is C28H29N3O8. The van der Waals surface area contributed by atoms with Gasteiger partial charge in [0.15, 0.2) is 11.5 Å². The summed E-state index contributed by atoms with van der Waals surface area (Å²) in [4.78, 5) is 36.9. The second-order valence-electron chi connectivity index (χ2n) is 7.81. The third-order valence-electron chi connectivity index (χ3n) is 5.23. The standard InChI is InChI=1S/C28H29N3O8/c1-5-38-21-12-8-19(9-13-21)28(34)39-22-10-6-18(7-11-22)16-30-31-25(32)17-29-27(33)20-14-23(35-2)26(37-4)24(15-20)36-3/h6-16H,5,17H2,1-4H3,(H,29,33)(H,31,32). The number of hydrogen-bond donors (Lipinski definition) is 2. The predicted molar refractivity (Wildman–Crippen MR) is 143 cm³/mol. The number of ether oxygens (including phenoxy) is 5. The number of benzene rings is 3. The van der Waals surface area contributed by atoms with Crippen LogP contribution in [0.15, 0.2) is 65.8 Å². The summed E-state index contributed by atoms with van der Waals surface area (Å²) < 4.78 is 26.4. The van der Waals surface area contributed by atoms with Gasteiger partial charge in [-0.25, -0.2) is 10.2 Å². The average Bonchev–Trinajstić information content (AvgIpc) is 2.96. The van der Waals surface area contributed by atoms with Crippen LogP contribution in [-0.4, -0.2) is 58.5 Å². The van der Waals surface area contributed by atoms with Crippen molar-refractivity contribution in [1.82, 2.24) is 10.7 Å². The van der Waals surface area contributed by atoms with Crippen LogP contribution in [0.4, 0.5) is 0 Å². The average molecular weight is 536 g/mol. The van der Waals surface area contributed by atoms with Gasteiger partial charge in [0.25, 0.3) is 11.8 Å². The highest BCUT2D eigenvalue weighted by atomic mass is 16.5. The lowest BCUT2D eigenvalue weighted by atomic mass is 10.1. The largest absolute Gasteiger partial charge is 0.494 e. The molecule has 0 heterocycles. The van der Waals surface area contributed by atoms with Gasteiger partial charge in [0.2, 0.25) is 5.75 Å². The van der Waals surface area contributed by atoms with Crippen LogP contribution in [0.3, 0.4) is 0 Å². The highest BCUT2D eigenvalue weighted by Gasteiger charge is 2.17. The van der Waals surface area contributed by atoms with Crippen molar-refractivity contribution in [2.45, 2.75) is 6.92 Å². The van der Waals surface area contributed by atoms with Gasteiger partial charge in [0, 0.05) is 5.56 Å². The van der Waals surface area contributed by atoms with Crippen molar-refractivity contribution in [3.8, 4) is 28.7 Å². The van der Waals surface area contributed by atoms with Gasteiger partial charge in [-0.3, -0.25) is 9.59 Å². The number of rotatable bonds is 12. The number of hydrogen-bond acceptors (Lipinski definition) is 9. The van der Waals surface area contributed by atoms with Crippen molar-refractivity contribution in [1.29, 1.82) is 0 Å². The van der Waals surface area contributed by atoms with Gasteiger partial charge in [0.05, 0.1) is 46.3 Å². The Morgan fingerprint density at radius 1 is 0.821 bits per heavy atom. The number of carbonyl (C=O) groups is 3. The summed E-state index contributed by atoms with van der Waals surface area (Å²) in [5.74, 6) is 0.454. The van der Waals surface area contributed by atoms with Gasteiger partial charge in [-0.1, -0.05) is 0 Å². The number of esters is 1. The number of carbonyl (C=O) groups excluding carboxylic acids is 3. The quantitative estimate of drug-likeness (QED) is 0.156. The van der Waals surface area contributed by atoms with E-state index in [2.05, 4.69) is 15.8 Å². The third-order valence-corrected chi connectivity index (χ3v) is 5.23. The molecule has 0 bridgehead atoms. The summed E-state index contributed by atoms with van der Waals surface area (Å²) in [6.45, 7) is 2.11. The lowest BCUT2D eigenvalue weighted by Crippen LogP contribution is -2.34. The van der Waals surface area contributed by atoms with E-state index in [0.717, 1.165) is 0 Å². The molecule has 0 saturated heterocycles. The Kier molecular flexibility index (Phi) is 10.3. The Labute approximate surface area is 225 Å². The number of amides is 2. The highest BCUT2D eigenvalue weighted by molar-refractivity contribution is 5.97. The highest BCUT2D eigenvalue weighted by Crippen LogP contribution is 2.38. The SMILES string of the molecule is CCOc1ccc(C(=O)Oc2ccc(C=NNC(=O)CNC(=O)c3cc(OC)c(OC)c(OC)c3)cc2)cc1. The molecule has 11 heteroatoms. The first kappa shape index (κ1) is 28.5. The monoisotopic (exact) mass is 535 g/mol. The summed E-state index contributed by atoms with van der Waals surface area (Å²) in [5.41, 5.74) is 3.60. The van der Waals surface area contributed by atoms with E-state index >= 15 is 0 Å². The van der Waals surface area contributed by atoms with Gasteiger partial charge in [0.1, 0.15) is 11.5 Å². The van der Waals surface area contributed by atoms with Crippen LogP contribution in [-0.2, 0) is 4.79 Å². The zero-order valence-electron chi connectivity index (χ0n) is 22.0. The van der Waals surface area contributed by atoms with Gasteiger partial charge in [-0.15, -0.1) is 0 Å². The maximum absolute atomic E-state index is 12.5. The van der Waals surface area contributed by atoms with Crippen molar-refractivity contribution >= 4 is 24.0 Å². The molecule has 0 atom stereocenters.